The van der Waals surface area contributed by atoms with Crippen LogP contribution in [0.1, 0.15) is 37.3 Å². The lowest BCUT2D eigenvalue weighted by molar-refractivity contribution is 0.242. The van der Waals surface area contributed by atoms with Gasteiger partial charge in [-0.25, -0.2) is 4.99 Å². The normalized spacial score (nSPS) is 20.1. The van der Waals surface area contributed by atoms with Crippen molar-refractivity contribution in [2.45, 2.75) is 45.3 Å². The number of aryl methyl sites for hydroxylation is 1. The molecule has 0 radical (unpaired) electrons. The van der Waals surface area contributed by atoms with Crippen molar-refractivity contribution in [1.29, 1.82) is 0 Å². The first kappa shape index (κ1) is 16.4. The van der Waals surface area contributed by atoms with Gasteiger partial charge in [-0.2, -0.15) is 0 Å². The van der Waals surface area contributed by atoms with Gasteiger partial charge >= 0.3 is 0 Å². The van der Waals surface area contributed by atoms with Crippen molar-refractivity contribution < 1.29 is 4.74 Å². The standard InChI is InChI=1S/C20H25N3O/c1-13(2)24-16-10-8-15(9-11-16)22-20(21)23-19-12-18(19)17-7-5-4-6-14(17)3/h4-11,13,18-19H,12H2,1-3H3,(H3,21,22,23). The summed E-state index contributed by atoms with van der Waals surface area (Å²) in [6.07, 6.45) is 1.23. The predicted molar refractivity (Wildman–Crippen MR) is 99.8 cm³/mol. The van der Waals surface area contributed by atoms with E-state index >= 15 is 0 Å². The number of hydrogen-bond donors (Lipinski definition) is 2. The highest BCUT2D eigenvalue weighted by molar-refractivity contribution is 5.92. The van der Waals surface area contributed by atoms with Gasteiger partial charge in [-0.1, -0.05) is 24.3 Å². The number of guanidine groups is 1. The molecule has 0 bridgehead atoms. The predicted octanol–water partition coefficient (Wildman–Crippen LogP) is 4.06. The summed E-state index contributed by atoms with van der Waals surface area (Å²) in [4.78, 5) is 4.61. The second-order valence-corrected chi connectivity index (χ2v) is 6.60. The minimum atomic E-state index is 0.170. The van der Waals surface area contributed by atoms with Gasteiger partial charge in [0.05, 0.1) is 12.1 Å². The van der Waals surface area contributed by atoms with E-state index in [0.29, 0.717) is 11.9 Å². The Morgan fingerprint density at radius 3 is 2.54 bits per heavy atom. The van der Waals surface area contributed by atoms with Crippen LogP contribution >= 0.6 is 0 Å². The van der Waals surface area contributed by atoms with E-state index in [1.807, 2.05) is 38.1 Å². The van der Waals surface area contributed by atoms with Crippen LogP contribution in [0.15, 0.2) is 53.5 Å². The number of nitrogens with zero attached hydrogens (tertiary/aromatic N) is 1. The molecule has 1 saturated carbocycles. The molecule has 0 amide bonds. The molecule has 2 unspecified atom stereocenters. The van der Waals surface area contributed by atoms with Gasteiger partial charge in [0.15, 0.2) is 5.96 Å². The highest BCUT2D eigenvalue weighted by atomic mass is 16.5. The van der Waals surface area contributed by atoms with Crippen LogP contribution in [-0.4, -0.2) is 18.1 Å². The summed E-state index contributed by atoms with van der Waals surface area (Å²) < 4.78 is 5.63. The van der Waals surface area contributed by atoms with E-state index in [2.05, 4.69) is 41.5 Å². The van der Waals surface area contributed by atoms with Crippen LogP contribution in [0.4, 0.5) is 5.69 Å². The van der Waals surface area contributed by atoms with Crippen LogP contribution < -0.4 is 15.8 Å². The largest absolute Gasteiger partial charge is 0.491 e. The van der Waals surface area contributed by atoms with Crippen LogP contribution in [0.5, 0.6) is 5.75 Å². The Bertz CT molecular complexity index is 722. The minimum absolute atomic E-state index is 0.170. The molecule has 4 nitrogen and oxygen atoms in total. The molecule has 126 valence electrons. The maximum absolute atomic E-state index is 6.05. The summed E-state index contributed by atoms with van der Waals surface area (Å²) in [7, 11) is 0. The fourth-order valence-electron chi connectivity index (χ4n) is 2.91. The van der Waals surface area contributed by atoms with E-state index < -0.39 is 0 Å². The summed E-state index contributed by atoms with van der Waals surface area (Å²) in [6.45, 7) is 6.17. The highest BCUT2D eigenvalue weighted by Crippen LogP contribution is 2.44. The van der Waals surface area contributed by atoms with E-state index in [-0.39, 0.29) is 12.1 Å². The monoisotopic (exact) mass is 323 g/mol. The number of rotatable bonds is 5. The Labute approximate surface area is 143 Å². The van der Waals surface area contributed by atoms with Gasteiger partial charge in [0, 0.05) is 11.6 Å². The third kappa shape index (κ3) is 4.07. The molecule has 0 spiro atoms. The molecule has 0 aromatic heterocycles. The van der Waals surface area contributed by atoms with Gasteiger partial charge in [0.2, 0.25) is 0 Å². The van der Waals surface area contributed by atoms with Crippen LogP contribution in [-0.2, 0) is 0 Å². The lowest BCUT2D eigenvalue weighted by Crippen LogP contribution is -2.23. The lowest BCUT2D eigenvalue weighted by Gasteiger charge is -2.11. The van der Waals surface area contributed by atoms with Gasteiger partial charge in [-0.05, 0) is 62.6 Å². The molecule has 3 N–H and O–H groups in total. The third-order valence-corrected chi connectivity index (χ3v) is 4.15. The maximum atomic E-state index is 6.05. The second-order valence-electron chi connectivity index (χ2n) is 6.60. The smallest absolute Gasteiger partial charge is 0.193 e. The number of ether oxygens (including phenoxy) is 1. The Morgan fingerprint density at radius 1 is 1.17 bits per heavy atom. The molecule has 2 aromatic carbocycles. The van der Waals surface area contributed by atoms with Gasteiger partial charge in [-0.15, -0.1) is 0 Å². The fourth-order valence-corrected chi connectivity index (χ4v) is 2.91. The SMILES string of the molecule is Cc1ccccc1C1CC1N=C(N)Nc1ccc(OC(C)C)cc1. The summed E-state index contributed by atoms with van der Waals surface area (Å²) in [5.41, 5.74) is 9.68. The molecule has 0 heterocycles. The van der Waals surface area contributed by atoms with Crippen molar-refractivity contribution in [3.63, 3.8) is 0 Å². The van der Waals surface area contributed by atoms with Crippen molar-refractivity contribution >= 4 is 11.6 Å². The van der Waals surface area contributed by atoms with Crippen LogP contribution in [0, 0.1) is 6.92 Å². The molecular weight excluding hydrogens is 298 g/mol. The summed E-state index contributed by atoms with van der Waals surface area (Å²) in [6, 6.07) is 16.5. The maximum Gasteiger partial charge on any atom is 0.193 e. The van der Waals surface area contributed by atoms with Crippen LogP contribution in [0.25, 0.3) is 0 Å². The molecule has 0 aliphatic heterocycles. The second kappa shape index (κ2) is 6.95. The van der Waals surface area contributed by atoms with E-state index in [4.69, 9.17) is 10.5 Å². The van der Waals surface area contributed by atoms with Crippen LogP contribution in [0.3, 0.4) is 0 Å². The summed E-state index contributed by atoms with van der Waals surface area (Å²) in [5.74, 6) is 1.81. The van der Waals surface area contributed by atoms with E-state index in [1.165, 1.54) is 11.1 Å². The Balaban J connectivity index is 1.58. The summed E-state index contributed by atoms with van der Waals surface area (Å²) in [5, 5.41) is 3.15. The number of nitrogens with one attached hydrogen (secondary N) is 1. The Hall–Kier alpha value is -2.49. The van der Waals surface area contributed by atoms with E-state index in [9.17, 15) is 0 Å². The zero-order chi connectivity index (χ0) is 17.1. The molecule has 2 aromatic rings. The van der Waals surface area contributed by atoms with Gasteiger partial charge in [-0.3, -0.25) is 0 Å². The number of anilines is 1. The van der Waals surface area contributed by atoms with Gasteiger partial charge in [0.25, 0.3) is 0 Å². The van der Waals surface area contributed by atoms with Gasteiger partial charge < -0.3 is 15.8 Å². The molecule has 3 rings (SSSR count). The molecular formula is C20H25N3O. The Kier molecular flexibility index (Phi) is 4.74. The third-order valence-electron chi connectivity index (χ3n) is 4.15. The first-order valence-corrected chi connectivity index (χ1v) is 8.45. The number of benzene rings is 2. The molecule has 2 atom stereocenters. The molecule has 24 heavy (non-hydrogen) atoms. The van der Waals surface area contributed by atoms with Gasteiger partial charge in [0.1, 0.15) is 5.75 Å². The zero-order valence-electron chi connectivity index (χ0n) is 14.5. The highest BCUT2D eigenvalue weighted by Gasteiger charge is 2.39. The van der Waals surface area contributed by atoms with Crippen molar-refractivity contribution in [2.75, 3.05) is 5.32 Å². The molecule has 1 aliphatic rings. The molecule has 1 fully saturated rings. The fraction of sp³-hybridized carbons (Fsp3) is 0.350. The average molecular weight is 323 g/mol. The topological polar surface area (TPSA) is 59.6 Å². The average Bonchev–Trinajstić information content (AvgIpc) is 3.28. The summed E-state index contributed by atoms with van der Waals surface area (Å²) >= 11 is 0. The number of hydrogen-bond acceptors (Lipinski definition) is 2. The van der Waals surface area contributed by atoms with Crippen LogP contribution in [0.2, 0.25) is 0 Å². The van der Waals surface area contributed by atoms with Crippen molar-refractivity contribution in [2.24, 2.45) is 10.7 Å². The quantitative estimate of drug-likeness (QED) is 0.644. The number of nitrogens with two attached hydrogens (primary N) is 1. The van der Waals surface area contributed by atoms with E-state index in [1.54, 1.807) is 0 Å². The Morgan fingerprint density at radius 2 is 1.88 bits per heavy atom. The molecule has 0 saturated heterocycles. The minimum Gasteiger partial charge on any atom is -0.491 e. The van der Waals surface area contributed by atoms with Crippen molar-refractivity contribution in [3.05, 3.63) is 59.7 Å². The first-order valence-electron chi connectivity index (χ1n) is 8.45. The van der Waals surface area contributed by atoms with E-state index in [0.717, 1.165) is 17.9 Å². The van der Waals surface area contributed by atoms with Crippen molar-refractivity contribution in [3.8, 4) is 5.75 Å². The molecule has 1 aliphatic carbocycles. The van der Waals surface area contributed by atoms with Crippen molar-refractivity contribution in [1.82, 2.24) is 0 Å². The number of aliphatic imine (C=N–C) groups is 1. The zero-order valence-corrected chi connectivity index (χ0v) is 14.5. The first-order chi connectivity index (χ1) is 11.5. The molecule has 4 heteroatoms. The lowest BCUT2D eigenvalue weighted by atomic mass is 10.0.